The Bertz CT molecular complexity index is 1500. The number of hydrogen-bond acceptors (Lipinski definition) is 6. The predicted molar refractivity (Wildman–Crippen MR) is 136 cm³/mol. The average molecular weight is 525 g/mol. The highest BCUT2D eigenvalue weighted by molar-refractivity contribution is 6.08. The molecular weight excluding hydrogens is 497 g/mol. The van der Waals surface area contributed by atoms with Crippen LogP contribution >= 0.6 is 0 Å². The Balaban J connectivity index is 1.57. The van der Waals surface area contributed by atoms with Crippen LogP contribution in [0.4, 0.5) is 13.2 Å². The number of nitrogens with zero attached hydrogens (tertiary/aromatic N) is 4. The number of phenols is 1. The molecule has 1 aromatic carbocycles. The minimum atomic E-state index is -4.77. The van der Waals surface area contributed by atoms with Crippen molar-refractivity contribution >= 4 is 16.9 Å². The Morgan fingerprint density at radius 2 is 1.97 bits per heavy atom. The van der Waals surface area contributed by atoms with Gasteiger partial charge in [-0.1, -0.05) is 6.08 Å². The molecule has 6 rings (SSSR count). The van der Waals surface area contributed by atoms with Gasteiger partial charge in [0.2, 0.25) is 0 Å². The second-order valence-electron chi connectivity index (χ2n) is 9.82. The van der Waals surface area contributed by atoms with Crippen LogP contribution in [0.3, 0.4) is 0 Å². The van der Waals surface area contributed by atoms with Crippen LogP contribution in [0.1, 0.15) is 40.0 Å². The number of phenolic OH excluding ortho intramolecular Hbond substituents is 1. The molecule has 1 amide bonds. The molecule has 0 radical (unpaired) electrons. The number of nitrogens with one attached hydrogen (secondary N) is 2. The number of alkyl halides is 3. The first-order valence-electron chi connectivity index (χ1n) is 12.6. The van der Waals surface area contributed by atoms with Gasteiger partial charge < -0.3 is 20.2 Å². The number of aromatic amines is 1. The number of aromatic hydroxyl groups is 1. The van der Waals surface area contributed by atoms with E-state index in [1.807, 2.05) is 13.8 Å². The van der Waals surface area contributed by atoms with E-state index in [0.717, 1.165) is 49.7 Å². The van der Waals surface area contributed by atoms with Gasteiger partial charge >= 0.3 is 6.18 Å². The monoisotopic (exact) mass is 524 g/mol. The summed E-state index contributed by atoms with van der Waals surface area (Å²) >= 11 is 0. The lowest BCUT2D eigenvalue weighted by Crippen LogP contribution is -2.49. The molecule has 0 bridgehead atoms. The molecule has 198 valence electrons. The Labute approximate surface area is 216 Å². The zero-order chi connectivity index (χ0) is 26.8. The Morgan fingerprint density at radius 1 is 1.21 bits per heavy atom. The number of benzene rings is 1. The van der Waals surface area contributed by atoms with Crippen molar-refractivity contribution in [3.8, 4) is 17.0 Å². The molecule has 1 saturated heterocycles. The maximum absolute atomic E-state index is 14.1. The smallest absolute Gasteiger partial charge is 0.419 e. The minimum absolute atomic E-state index is 0.0913. The van der Waals surface area contributed by atoms with Crippen LogP contribution in [-0.2, 0) is 6.18 Å². The number of H-pyrrole nitrogens is 1. The highest BCUT2D eigenvalue weighted by Crippen LogP contribution is 2.46. The zero-order valence-corrected chi connectivity index (χ0v) is 20.9. The van der Waals surface area contributed by atoms with Crippen molar-refractivity contribution in [2.75, 3.05) is 32.7 Å². The van der Waals surface area contributed by atoms with Crippen molar-refractivity contribution in [1.29, 1.82) is 0 Å². The molecule has 0 saturated carbocycles. The lowest BCUT2D eigenvalue weighted by Gasteiger charge is -2.43. The molecule has 3 aliphatic rings. The molecule has 2 unspecified atom stereocenters. The summed E-state index contributed by atoms with van der Waals surface area (Å²) in [6, 6.07) is 2.93. The van der Waals surface area contributed by atoms with E-state index in [0.29, 0.717) is 23.1 Å². The lowest BCUT2D eigenvalue weighted by molar-refractivity contribution is -0.138. The highest BCUT2D eigenvalue weighted by atomic mass is 19.4. The van der Waals surface area contributed by atoms with Gasteiger partial charge in [0.1, 0.15) is 5.75 Å². The maximum atomic E-state index is 14.1. The van der Waals surface area contributed by atoms with Gasteiger partial charge in [-0.2, -0.15) is 18.3 Å². The van der Waals surface area contributed by atoms with E-state index in [4.69, 9.17) is 0 Å². The van der Waals surface area contributed by atoms with Crippen molar-refractivity contribution in [1.82, 2.24) is 30.3 Å². The van der Waals surface area contributed by atoms with E-state index in [1.165, 1.54) is 6.07 Å². The summed E-state index contributed by atoms with van der Waals surface area (Å²) < 4.78 is 40.9. The predicted octanol–water partition coefficient (Wildman–Crippen LogP) is 3.94. The third kappa shape index (κ3) is 3.75. The maximum Gasteiger partial charge on any atom is 0.419 e. The quantitative estimate of drug-likeness (QED) is 0.480. The summed E-state index contributed by atoms with van der Waals surface area (Å²) in [5, 5.41) is 21.2. The van der Waals surface area contributed by atoms with Crippen molar-refractivity contribution in [3.63, 3.8) is 0 Å². The molecule has 4 heterocycles. The number of carbonyl (C=O) groups excluding carboxylic acids is 1. The molecule has 38 heavy (non-hydrogen) atoms. The molecule has 2 aromatic heterocycles. The Hall–Kier alpha value is -3.86. The SMILES string of the molecule is CCN1C(=O)c2c(-c3ccc(O)c(C(F)(F)F)c3)nc3n[nH]c(C)c3c2C2C=CC(N3CCNCC3)=CC21. The van der Waals surface area contributed by atoms with Crippen LogP contribution in [0.2, 0.25) is 0 Å². The molecule has 2 atom stereocenters. The zero-order valence-electron chi connectivity index (χ0n) is 20.9. The fraction of sp³-hybridized carbons (Fsp3) is 0.370. The van der Waals surface area contributed by atoms with Gasteiger partial charge in [0.05, 0.1) is 22.9 Å². The third-order valence-corrected chi connectivity index (χ3v) is 7.67. The molecule has 1 fully saturated rings. The first kappa shape index (κ1) is 24.5. The molecule has 3 aromatic rings. The van der Waals surface area contributed by atoms with Crippen molar-refractivity contribution in [2.45, 2.75) is 32.0 Å². The van der Waals surface area contributed by atoms with Gasteiger partial charge in [-0.15, -0.1) is 0 Å². The van der Waals surface area contributed by atoms with E-state index in [2.05, 4.69) is 43.6 Å². The summed E-state index contributed by atoms with van der Waals surface area (Å²) in [5.41, 5.74) is 2.14. The van der Waals surface area contributed by atoms with Crippen LogP contribution in [-0.4, -0.2) is 74.8 Å². The Morgan fingerprint density at radius 3 is 2.68 bits per heavy atom. The molecule has 11 heteroatoms. The topological polar surface area (TPSA) is 97.4 Å². The summed E-state index contributed by atoms with van der Waals surface area (Å²) in [6.45, 7) is 7.67. The summed E-state index contributed by atoms with van der Waals surface area (Å²) in [7, 11) is 0. The number of pyridine rings is 1. The van der Waals surface area contributed by atoms with Crippen LogP contribution in [0, 0.1) is 6.92 Å². The minimum Gasteiger partial charge on any atom is -0.507 e. The van der Waals surface area contributed by atoms with Gasteiger partial charge in [-0.25, -0.2) is 4.98 Å². The number of halogens is 3. The fourth-order valence-corrected chi connectivity index (χ4v) is 5.87. The van der Waals surface area contributed by atoms with E-state index in [1.54, 1.807) is 4.90 Å². The van der Waals surface area contributed by atoms with Gasteiger partial charge in [0.15, 0.2) is 5.65 Å². The number of amides is 1. The molecule has 2 aliphatic heterocycles. The second-order valence-corrected chi connectivity index (χ2v) is 9.82. The number of piperazine rings is 1. The first-order chi connectivity index (χ1) is 18.2. The number of aromatic nitrogens is 3. The van der Waals surface area contributed by atoms with Gasteiger partial charge in [0.25, 0.3) is 5.91 Å². The Kier molecular flexibility index (Phi) is 5.71. The number of allylic oxidation sites excluding steroid dienone is 1. The van der Waals surface area contributed by atoms with Crippen LogP contribution < -0.4 is 5.32 Å². The van der Waals surface area contributed by atoms with Crippen molar-refractivity contribution < 1.29 is 23.1 Å². The first-order valence-corrected chi connectivity index (χ1v) is 12.6. The van der Waals surface area contributed by atoms with Gasteiger partial charge in [0, 0.05) is 61.0 Å². The number of hydrogen-bond donors (Lipinski definition) is 3. The van der Waals surface area contributed by atoms with E-state index in [-0.39, 0.29) is 34.7 Å². The van der Waals surface area contributed by atoms with Crippen LogP contribution in [0.25, 0.3) is 22.3 Å². The number of aryl methyl sites for hydroxylation is 1. The van der Waals surface area contributed by atoms with Crippen LogP contribution in [0.15, 0.2) is 42.1 Å². The summed E-state index contributed by atoms with van der Waals surface area (Å²) in [4.78, 5) is 22.8. The average Bonchev–Trinajstić information content (AvgIpc) is 3.28. The standard InChI is InChI=1S/C27H27F3N6O2/c1-3-36-19-13-16(35-10-8-31-9-11-35)5-6-17(19)22-21-14(2)33-34-25(21)32-24(23(22)26(36)38)15-4-7-20(37)18(12-15)27(28,29)30/h4-7,12-13,17,19,31,37H,3,8-11H2,1-2H3,(H,32,33,34). The number of fused-ring (bicyclic) bond motifs is 5. The van der Waals surface area contributed by atoms with E-state index >= 15 is 0 Å². The van der Waals surface area contributed by atoms with Crippen LogP contribution in [0.5, 0.6) is 5.75 Å². The summed E-state index contributed by atoms with van der Waals surface area (Å²) in [5.74, 6) is -1.40. The lowest BCUT2D eigenvalue weighted by atomic mass is 9.77. The third-order valence-electron chi connectivity index (χ3n) is 7.67. The number of rotatable bonds is 3. The fourth-order valence-electron chi connectivity index (χ4n) is 5.87. The molecule has 3 N–H and O–H groups in total. The molecule has 8 nitrogen and oxygen atoms in total. The van der Waals surface area contributed by atoms with Crippen molar-refractivity contribution in [3.05, 3.63) is 64.5 Å². The summed E-state index contributed by atoms with van der Waals surface area (Å²) in [6.07, 6.45) is 1.52. The largest absolute Gasteiger partial charge is 0.507 e. The van der Waals surface area contributed by atoms with Gasteiger partial charge in [-0.05, 0) is 49.8 Å². The molecular formula is C27H27F3N6O2. The molecule has 0 spiro atoms. The normalized spacial score (nSPS) is 21.5. The molecule has 1 aliphatic carbocycles. The number of carbonyl (C=O) groups is 1. The van der Waals surface area contributed by atoms with Crippen molar-refractivity contribution in [2.24, 2.45) is 0 Å². The van der Waals surface area contributed by atoms with E-state index < -0.39 is 17.5 Å². The van der Waals surface area contributed by atoms with E-state index in [9.17, 15) is 23.1 Å². The number of likely N-dealkylation sites (N-methyl/N-ethyl adjacent to an activating group) is 1. The highest BCUT2D eigenvalue weighted by Gasteiger charge is 2.43. The second kappa shape index (κ2) is 8.87. The van der Waals surface area contributed by atoms with Gasteiger partial charge in [-0.3, -0.25) is 9.89 Å².